The summed E-state index contributed by atoms with van der Waals surface area (Å²) >= 11 is 3.60. The summed E-state index contributed by atoms with van der Waals surface area (Å²) in [5.41, 5.74) is 3.52. The molecule has 0 radical (unpaired) electrons. The van der Waals surface area contributed by atoms with E-state index in [1.807, 2.05) is 0 Å². The summed E-state index contributed by atoms with van der Waals surface area (Å²) in [6.45, 7) is 4.76. The highest BCUT2D eigenvalue weighted by Gasteiger charge is 2.47. The van der Waals surface area contributed by atoms with Crippen molar-refractivity contribution in [3.63, 3.8) is 0 Å². The van der Waals surface area contributed by atoms with Crippen molar-refractivity contribution in [2.75, 3.05) is 18.0 Å². The van der Waals surface area contributed by atoms with Crippen LogP contribution in [0.2, 0.25) is 0 Å². The molecule has 0 N–H and O–H groups in total. The molecular formula is C13H16BrN. The van der Waals surface area contributed by atoms with Crippen LogP contribution in [0.25, 0.3) is 0 Å². The molecule has 1 spiro atoms. The van der Waals surface area contributed by atoms with Crippen LogP contribution in [0.4, 0.5) is 5.69 Å². The number of hydrogen-bond acceptors (Lipinski definition) is 1. The number of benzene rings is 1. The van der Waals surface area contributed by atoms with Crippen molar-refractivity contribution in [2.45, 2.75) is 26.2 Å². The first kappa shape index (κ1) is 9.71. The number of nitrogens with zero attached hydrogens (tertiary/aromatic N) is 1. The SMILES string of the molecule is Cc1c(Br)cccc1N1CC2(CCC2)C1. The summed E-state index contributed by atoms with van der Waals surface area (Å²) in [4.78, 5) is 2.53. The Labute approximate surface area is 99.6 Å². The van der Waals surface area contributed by atoms with Crippen LogP contribution in [-0.2, 0) is 0 Å². The average molecular weight is 266 g/mol. The van der Waals surface area contributed by atoms with Gasteiger partial charge in [0.2, 0.25) is 0 Å². The summed E-state index contributed by atoms with van der Waals surface area (Å²) in [5, 5.41) is 0. The summed E-state index contributed by atoms with van der Waals surface area (Å²) < 4.78 is 1.23. The lowest BCUT2D eigenvalue weighted by atomic mass is 9.63. The van der Waals surface area contributed by atoms with Crippen LogP contribution in [0.1, 0.15) is 24.8 Å². The van der Waals surface area contributed by atoms with Gasteiger partial charge in [-0.2, -0.15) is 0 Å². The van der Waals surface area contributed by atoms with E-state index in [1.54, 1.807) is 0 Å². The average Bonchev–Trinajstić information content (AvgIpc) is 2.07. The summed E-state index contributed by atoms with van der Waals surface area (Å²) in [6, 6.07) is 6.50. The van der Waals surface area contributed by atoms with E-state index in [0.717, 1.165) is 5.41 Å². The minimum Gasteiger partial charge on any atom is -0.370 e. The Balaban J connectivity index is 1.80. The van der Waals surface area contributed by atoms with Crippen molar-refractivity contribution < 1.29 is 0 Å². The molecule has 1 aliphatic carbocycles. The van der Waals surface area contributed by atoms with E-state index in [4.69, 9.17) is 0 Å². The van der Waals surface area contributed by atoms with Crippen molar-refractivity contribution in [2.24, 2.45) is 5.41 Å². The quantitative estimate of drug-likeness (QED) is 0.748. The van der Waals surface area contributed by atoms with Crippen LogP contribution in [-0.4, -0.2) is 13.1 Å². The van der Waals surface area contributed by atoms with E-state index in [9.17, 15) is 0 Å². The molecular weight excluding hydrogens is 250 g/mol. The lowest BCUT2D eigenvalue weighted by Gasteiger charge is -2.57. The van der Waals surface area contributed by atoms with E-state index in [0.29, 0.717) is 0 Å². The molecule has 1 aliphatic heterocycles. The first-order chi connectivity index (χ1) is 7.20. The molecule has 0 unspecified atom stereocenters. The number of hydrogen-bond donors (Lipinski definition) is 0. The second-order valence-electron chi connectivity index (χ2n) is 5.09. The zero-order valence-corrected chi connectivity index (χ0v) is 10.7. The molecule has 3 rings (SSSR count). The maximum absolute atomic E-state index is 3.60. The molecule has 1 nitrogen and oxygen atoms in total. The van der Waals surface area contributed by atoms with Gasteiger partial charge in [-0.15, -0.1) is 0 Å². The van der Waals surface area contributed by atoms with Crippen molar-refractivity contribution in [3.8, 4) is 0 Å². The van der Waals surface area contributed by atoms with E-state index in [-0.39, 0.29) is 0 Å². The smallest absolute Gasteiger partial charge is 0.0407 e. The highest BCUT2D eigenvalue weighted by Crippen LogP contribution is 2.50. The third kappa shape index (κ3) is 1.42. The topological polar surface area (TPSA) is 3.24 Å². The van der Waals surface area contributed by atoms with Gasteiger partial charge >= 0.3 is 0 Å². The van der Waals surface area contributed by atoms with Gasteiger partial charge in [-0.25, -0.2) is 0 Å². The second-order valence-corrected chi connectivity index (χ2v) is 5.95. The van der Waals surface area contributed by atoms with Gasteiger partial charge in [-0.05, 0) is 37.5 Å². The molecule has 80 valence electrons. The van der Waals surface area contributed by atoms with Gasteiger partial charge in [0.1, 0.15) is 0 Å². The largest absolute Gasteiger partial charge is 0.370 e. The molecule has 2 heteroatoms. The maximum Gasteiger partial charge on any atom is 0.0407 e. The molecule has 0 bridgehead atoms. The maximum atomic E-state index is 3.60. The molecule has 2 aliphatic rings. The van der Waals surface area contributed by atoms with Crippen LogP contribution >= 0.6 is 15.9 Å². The molecule has 2 fully saturated rings. The minimum absolute atomic E-state index is 0.717. The highest BCUT2D eigenvalue weighted by molar-refractivity contribution is 9.10. The molecule has 1 saturated carbocycles. The van der Waals surface area contributed by atoms with Crippen molar-refractivity contribution in [3.05, 3.63) is 28.2 Å². The molecule has 15 heavy (non-hydrogen) atoms. The van der Waals surface area contributed by atoms with Crippen molar-refractivity contribution >= 4 is 21.6 Å². The van der Waals surface area contributed by atoms with Crippen molar-refractivity contribution in [1.29, 1.82) is 0 Å². The minimum atomic E-state index is 0.717. The lowest BCUT2D eigenvalue weighted by molar-refractivity contribution is 0.0903. The molecule has 0 amide bonds. The Kier molecular flexibility index (Phi) is 2.10. The Bertz CT molecular complexity index is 388. The van der Waals surface area contributed by atoms with Crippen LogP contribution in [0.15, 0.2) is 22.7 Å². The van der Waals surface area contributed by atoms with E-state index in [2.05, 4.69) is 46.0 Å². The van der Waals surface area contributed by atoms with Gasteiger partial charge in [0.15, 0.2) is 0 Å². The van der Waals surface area contributed by atoms with Gasteiger partial charge in [0.05, 0.1) is 0 Å². The van der Waals surface area contributed by atoms with Gasteiger partial charge < -0.3 is 4.90 Å². The van der Waals surface area contributed by atoms with E-state index >= 15 is 0 Å². The van der Waals surface area contributed by atoms with Crippen LogP contribution in [0.5, 0.6) is 0 Å². The predicted octanol–water partition coefficient (Wildman–Crippen LogP) is 3.75. The zero-order chi connectivity index (χ0) is 10.5. The molecule has 0 aromatic heterocycles. The van der Waals surface area contributed by atoms with Gasteiger partial charge in [-0.3, -0.25) is 0 Å². The van der Waals surface area contributed by atoms with Gasteiger partial charge in [0, 0.05) is 28.7 Å². The molecule has 1 heterocycles. The fraction of sp³-hybridized carbons (Fsp3) is 0.538. The Morgan fingerprint density at radius 1 is 1.27 bits per heavy atom. The standard InChI is InChI=1S/C13H16BrN/c1-10-11(14)4-2-5-12(10)15-8-13(9-15)6-3-7-13/h2,4-5H,3,6-9H2,1H3. The third-order valence-corrected chi connectivity index (χ3v) is 4.91. The fourth-order valence-electron chi connectivity index (χ4n) is 2.87. The number of rotatable bonds is 1. The fourth-order valence-corrected chi connectivity index (χ4v) is 3.22. The molecule has 1 saturated heterocycles. The summed E-state index contributed by atoms with van der Waals surface area (Å²) in [5.74, 6) is 0. The second kappa shape index (κ2) is 3.24. The summed E-state index contributed by atoms with van der Waals surface area (Å²) in [6.07, 6.45) is 4.36. The van der Waals surface area contributed by atoms with E-state index in [1.165, 1.54) is 48.1 Å². The number of anilines is 1. The Morgan fingerprint density at radius 2 is 2.00 bits per heavy atom. The molecule has 0 atom stereocenters. The molecule has 1 aromatic carbocycles. The van der Waals surface area contributed by atoms with Crippen LogP contribution < -0.4 is 4.90 Å². The van der Waals surface area contributed by atoms with Crippen LogP contribution in [0, 0.1) is 12.3 Å². The highest BCUT2D eigenvalue weighted by atomic mass is 79.9. The summed E-state index contributed by atoms with van der Waals surface area (Å²) in [7, 11) is 0. The van der Waals surface area contributed by atoms with Crippen molar-refractivity contribution in [1.82, 2.24) is 0 Å². The first-order valence-corrected chi connectivity index (χ1v) is 6.50. The van der Waals surface area contributed by atoms with Gasteiger partial charge in [0.25, 0.3) is 0 Å². The number of halogens is 1. The third-order valence-electron chi connectivity index (χ3n) is 4.05. The first-order valence-electron chi connectivity index (χ1n) is 5.70. The van der Waals surface area contributed by atoms with Gasteiger partial charge in [-0.1, -0.05) is 28.4 Å². The Hall–Kier alpha value is -0.500. The monoisotopic (exact) mass is 265 g/mol. The zero-order valence-electron chi connectivity index (χ0n) is 9.09. The Morgan fingerprint density at radius 3 is 2.60 bits per heavy atom. The van der Waals surface area contributed by atoms with Crippen LogP contribution in [0.3, 0.4) is 0 Å². The normalized spacial score (nSPS) is 22.4. The van der Waals surface area contributed by atoms with E-state index < -0.39 is 0 Å². The molecule has 1 aromatic rings. The lowest BCUT2D eigenvalue weighted by Crippen LogP contribution is -2.60. The predicted molar refractivity (Wildman–Crippen MR) is 67.4 cm³/mol.